The maximum absolute atomic E-state index is 12.5. The number of hydrogen-bond acceptors (Lipinski definition) is 9. The molecule has 3 aromatic carbocycles. The summed E-state index contributed by atoms with van der Waals surface area (Å²) in [5.74, 6) is 0.236. The quantitative estimate of drug-likeness (QED) is 0.139. The molecular weight excluding hydrogens is 526 g/mol. The van der Waals surface area contributed by atoms with Gasteiger partial charge in [0.1, 0.15) is 25.0 Å². The van der Waals surface area contributed by atoms with Gasteiger partial charge in [0, 0.05) is 25.7 Å². The lowest BCUT2D eigenvalue weighted by molar-refractivity contribution is -0.147. The topological polar surface area (TPSA) is 108 Å². The average molecular weight is 566 g/mol. The van der Waals surface area contributed by atoms with Crippen molar-refractivity contribution in [2.45, 2.75) is 18.2 Å². The Kier molecular flexibility index (Phi) is 12.1. The summed E-state index contributed by atoms with van der Waals surface area (Å²) in [4.78, 5) is 12.5. The van der Waals surface area contributed by atoms with Crippen LogP contribution in [0.4, 0.5) is 0 Å². The Labute approximate surface area is 241 Å². The van der Waals surface area contributed by atoms with Crippen molar-refractivity contribution in [3.8, 4) is 16.9 Å². The summed E-state index contributed by atoms with van der Waals surface area (Å²) in [6.45, 7) is 2.66. The van der Waals surface area contributed by atoms with Crippen LogP contribution in [0.25, 0.3) is 11.1 Å². The number of fused-ring (bicyclic) bond motifs is 3. The van der Waals surface area contributed by atoms with Gasteiger partial charge in [0.15, 0.2) is 6.29 Å². The van der Waals surface area contributed by atoms with Crippen LogP contribution in [0.5, 0.6) is 5.75 Å². The summed E-state index contributed by atoms with van der Waals surface area (Å²) in [7, 11) is 3.18. The first-order valence-electron chi connectivity index (χ1n) is 13.7. The standard InChI is InChI=1S/C32H39NO8/c1-35-32(36-2)23-8-7-9-24(20-23)40-19-18-38-15-14-37-16-17-39-22-30(33)31(34)41-21-29-27-12-5-3-10-25(27)26-11-4-6-13-28(26)29/h3-13,20,29-30,32H,14-19,21-22,33H2,1-2H3. The fourth-order valence-corrected chi connectivity index (χ4v) is 4.77. The Morgan fingerprint density at radius 3 is 1.98 bits per heavy atom. The Bertz CT molecular complexity index is 1190. The lowest BCUT2D eigenvalue weighted by Crippen LogP contribution is -2.37. The number of carbonyl (C=O) groups is 1. The van der Waals surface area contributed by atoms with Crippen molar-refractivity contribution in [1.29, 1.82) is 0 Å². The van der Waals surface area contributed by atoms with Crippen LogP contribution in [-0.4, -0.2) is 79.1 Å². The smallest absolute Gasteiger partial charge is 0.325 e. The van der Waals surface area contributed by atoms with Gasteiger partial charge in [-0.1, -0.05) is 60.7 Å². The van der Waals surface area contributed by atoms with Gasteiger partial charge in [0.25, 0.3) is 0 Å². The minimum Gasteiger partial charge on any atom is -0.491 e. The summed E-state index contributed by atoms with van der Waals surface area (Å²) >= 11 is 0. The summed E-state index contributed by atoms with van der Waals surface area (Å²) < 4.78 is 38.4. The van der Waals surface area contributed by atoms with E-state index in [0.717, 1.165) is 22.4 Å². The van der Waals surface area contributed by atoms with Crippen LogP contribution in [0.2, 0.25) is 0 Å². The highest BCUT2D eigenvalue weighted by atomic mass is 16.7. The molecule has 4 rings (SSSR count). The average Bonchev–Trinajstić information content (AvgIpc) is 3.33. The molecule has 0 aliphatic heterocycles. The fourth-order valence-electron chi connectivity index (χ4n) is 4.77. The van der Waals surface area contributed by atoms with Crippen molar-refractivity contribution in [2.24, 2.45) is 5.73 Å². The number of hydrogen-bond donors (Lipinski definition) is 1. The molecule has 1 atom stereocenters. The van der Waals surface area contributed by atoms with Gasteiger partial charge in [-0.2, -0.15) is 0 Å². The number of benzene rings is 3. The molecule has 0 radical (unpaired) electrons. The second kappa shape index (κ2) is 16.2. The fraction of sp³-hybridized carbons (Fsp3) is 0.406. The van der Waals surface area contributed by atoms with E-state index in [2.05, 4.69) is 24.3 Å². The Balaban J connectivity index is 1.03. The minimum absolute atomic E-state index is 0.00241. The number of esters is 1. The SMILES string of the molecule is COC(OC)c1cccc(OCCOCCOCCOCC(N)C(=O)OCC2c3ccccc3-c3ccccc32)c1. The van der Waals surface area contributed by atoms with Crippen molar-refractivity contribution in [1.82, 2.24) is 0 Å². The summed E-state index contributed by atoms with van der Waals surface area (Å²) in [6, 6.07) is 23.1. The van der Waals surface area contributed by atoms with Crippen molar-refractivity contribution < 1.29 is 38.0 Å². The monoisotopic (exact) mass is 565 g/mol. The van der Waals surface area contributed by atoms with Crippen molar-refractivity contribution >= 4 is 5.97 Å². The zero-order valence-electron chi connectivity index (χ0n) is 23.7. The summed E-state index contributed by atoms with van der Waals surface area (Å²) in [6.07, 6.45) is -0.431. The second-order valence-electron chi connectivity index (χ2n) is 9.49. The van der Waals surface area contributed by atoms with Gasteiger partial charge in [-0.05, 0) is 34.4 Å². The van der Waals surface area contributed by atoms with Gasteiger partial charge in [-0.15, -0.1) is 0 Å². The molecule has 9 nitrogen and oxygen atoms in total. The molecule has 0 aromatic heterocycles. The van der Waals surface area contributed by atoms with Crippen LogP contribution >= 0.6 is 0 Å². The van der Waals surface area contributed by atoms with Crippen LogP contribution in [0, 0.1) is 0 Å². The van der Waals surface area contributed by atoms with Crippen LogP contribution in [0.1, 0.15) is 28.9 Å². The molecule has 220 valence electrons. The molecule has 0 heterocycles. The molecule has 0 fully saturated rings. The molecule has 0 bridgehead atoms. The van der Waals surface area contributed by atoms with Gasteiger partial charge in [-0.3, -0.25) is 4.79 Å². The molecule has 9 heteroatoms. The molecule has 1 unspecified atom stereocenters. The summed E-state index contributed by atoms with van der Waals surface area (Å²) in [5.41, 5.74) is 11.6. The predicted octanol–water partition coefficient (Wildman–Crippen LogP) is 4.09. The zero-order valence-corrected chi connectivity index (χ0v) is 23.7. The first kappa shape index (κ1) is 30.6. The third kappa shape index (κ3) is 8.59. The lowest BCUT2D eigenvalue weighted by atomic mass is 9.98. The molecular formula is C32H39NO8. The highest BCUT2D eigenvalue weighted by Gasteiger charge is 2.29. The number of carbonyl (C=O) groups excluding carboxylic acids is 1. The lowest BCUT2D eigenvalue weighted by Gasteiger charge is -2.17. The molecule has 3 aromatic rings. The largest absolute Gasteiger partial charge is 0.491 e. The molecule has 41 heavy (non-hydrogen) atoms. The molecule has 0 amide bonds. The van der Waals surface area contributed by atoms with E-state index in [-0.39, 0.29) is 19.1 Å². The molecule has 1 aliphatic carbocycles. The van der Waals surface area contributed by atoms with Crippen LogP contribution < -0.4 is 10.5 Å². The van der Waals surface area contributed by atoms with Crippen molar-refractivity contribution in [3.63, 3.8) is 0 Å². The van der Waals surface area contributed by atoms with E-state index in [9.17, 15) is 4.79 Å². The number of methoxy groups -OCH3 is 2. The van der Waals surface area contributed by atoms with E-state index >= 15 is 0 Å². The predicted molar refractivity (Wildman–Crippen MR) is 154 cm³/mol. The van der Waals surface area contributed by atoms with E-state index in [1.807, 2.05) is 48.5 Å². The number of ether oxygens (including phenoxy) is 7. The molecule has 0 saturated heterocycles. The van der Waals surface area contributed by atoms with E-state index in [1.54, 1.807) is 14.2 Å². The van der Waals surface area contributed by atoms with E-state index in [1.165, 1.54) is 11.1 Å². The molecule has 0 spiro atoms. The highest BCUT2D eigenvalue weighted by molar-refractivity contribution is 5.79. The molecule has 0 saturated carbocycles. The van der Waals surface area contributed by atoms with Crippen LogP contribution in [0.3, 0.4) is 0 Å². The third-order valence-electron chi connectivity index (χ3n) is 6.75. The normalized spacial score (nSPS) is 13.2. The first-order chi connectivity index (χ1) is 20.1. The van der Waals surface area contributed by atoms with Gasteiger partial charge in [-0.25, -0.2) is 0 Å². The Hall–Kier alpha value is -3.31. The maximum Gasteiger partial charge on any atom is 0.325 e. The highest BCUT2D eigenvalue weighted by Crippen LogP contribution is 2.44. The maximum atomic E-state index is 12.5. The first-order valence-corrected chi connectivity index (χ1v) is 13.7. The summed E-state index contributed by atoms with van der Waals surface area (Å²) in [5, 5.41) is 0. The van der Waals surface area contributed by atoms with Crippen LogP contribution in [0.15, 0.2) is 72.8 Å². The van der Waals surface area contributed by atoms with Crippen LogP contribution in [-0.2, 0) is 33.2 Å². The third-order valence-corrected chi connectivity index (χ3v) is 6.75. The Morgan fingerprint density at radius 1 is 0.756 bits per heavy atom. The second-order valence-corrected chi connectivity index (χ2v) is 9.49. The van der Waals surface area contributed by atoms with Crippen molar-refractivity contribution in [3.05, 3.63) is 89.5 Å². The van der Waals surface area contributed by atoms with E-state index < -0.39 is 18.3 Å². The van der Waals surface area contributed by atoms with Gasteiger partial charge < -0.3 is 38.9 Å². The number of rotatable bonds is 18. The van der Waals surface area contributed by atoms with E-state index in [4.69, 9.17) is 38.9 Å². The Morgan fingerprint density at radius 2 is 1.34 bits per heavy atom. The van der Waals surface area contributed by atoms with Crippen molar-refractivity contribution in [2.75, 3.05) is 67.1 Å². The van der Waals surface area contributed by atoms with Gasteiger partial charge >= 0.3 is 5.97 Å². The zero-order chi connectivity index (χ0) is 28.9. The van der Waals surface area contributed by atoms with Gasteiger partial charge in [0.05, 0.1) is 39.6 Å². The van der Waals surface area contributed by atoms with E-state index in [0.29, 0.717) is 39.6 Å². The number of nitrogens with two attached hydrogens (primary N) is 1. The molecule has 1 aliphatic rings. The van der Waals surface area contributed by atoms with Gasteiger partial charge in [0.2, 0.25) is 0 Å². The molecule has 2 N–H and O–H groups in total. The minimum atomic E-state index is -0.860.